The summed E-state index contributed by atoms with van der Waals surface area (Å²) in [5.41, 5.74) is 1.58. The zero-order valence-electron chi connectivity index (χ0n) is 8.68. The Bertz CT molecular complexity index is 438. The van der Waals surface area contributed by atoms with Gasteiger partial charge in [-0.1, -0.05) is 0 Å². The van der Waals surface area contributed by atoms with Crippen LogP contribution in [0.25, 0.3) is 0 Å². The first-order valence-electron chi connectivity index (χ1n) is 5.03. The number of hydrogen-bond donors (Lipinski definition) is 2. The van der Waals surface area contributed by atoms with Gasteiger partial charge in [0.25, 0.3) is 5.91 Å². The highest BCUT2D eigenvalue weighted by Crippen LogP contribution is 1.96. The number of amides is 1. The fourth-order valence-electron chi connectivity index (χ4n) is 1.33. The molecule has 0 aliphatic carbocycles. The molecule has 5 nitrogen and oxygen atoms in total. The van der Waals surface area contributed by atoms with Crippen LogP contribution in [0.15, 0.2) is 36.8 Å². The molecule has 0 saturated carbocycles. The van der Waals surface area contributed by atoms with Crippen LogP contribution in [-0.2, 0) is 6.42 Å². The number of aromatic nitrogens is 3. The van der Waals surface area contributed by atoms with E-state index in [1.165, 1.54) is 0 Å². The molecule has 0 bridgehead atoms. The number of nitrogens with zero attached hydrogens (tertiary/aromatic N) is 2. The molecule has 2 N–H and O–H groups in total. The van der Waals surface area contributed by atoms with Crippen LogP contribution in [0, 0.1) is 0 Å². The molecule has 1 amide bonds. The van der Waals surface area contributed by atoms with E-state index >= 15 is 0 Å². The lowest BCUT2D eigenvalue weighted by Crippen LogP contribution is -2.25. The van der Waals surface area contributed by atoms with E-state index in [-0.39, 0.29) is 5.91 Å². The van der Waals surface area contributed by atoms with Gasteiger partial charge in [-0.3, -0.25) is 14.9 Å². The van der Waals surface area contributed by atoms with Crippen LogP contribution < -0.4 is 5.32 Å². The first kappa shape index (κ1) is 10.4. The summed E-state index contributed by atoms with van der Waals surface area (Å²) in [6, 6.07) is 5.36. The molecule has 0 aliphatic heterocycles. The molecule has 0 radical (unpaired) electrons. The van der Waals surface area contributed by atoms with Gasteiger partial charge in [-0.2, -0.15) is 5.10 Å². The van der Waals surface area contributed by atoms with Crippen LogP contribution in [0.3, 0.4) is 0 Å². The molecule has 5 heteroatoms. The summed E-state index contributed by atoms with van der Waals surface area (Å²) in [4.78, 5) is 15.5. The average Bonchev–Trinajstić information content (AvgIpc) is 2.83. The second kappa shape index (κ2) is 5.06. The molecule has 2 heterocycles. The summed E-state index contributed by atoms with van der Waals surface area (Å²) in [5, 5.41) is 9.48. The fourth-order valence-corrected chi connectivity index (χ4v) is 1.33. The highest BCUT2D eigenvalue weighted by atomic mass is 16.1. The monoisotopic (exact) mass is 216 g/mol. The highest BCUT2D eigenvalue weighted by Gasteiger charge is 2.03. The van der Waals surface area contributed by atoms with E-state index in [2.05, 4.69) is 20.5 Å². The number of carbonyl (C=O) groups is 1. The minimum atomic E-state index is -0.104. The minimum absolute atomic E-state index is 0.104. The Morgan fingerprint density at radius 1 is 1.38 bits per heavy atom. The number of nitrogens with one attached hydrogen (secondary N) is 2. The van der Waals surface area contributed by atoms with Crippen molar-refractivity contribution in [1.29, 1.82) is 0 Å². The second-order valence-corrected chi connectivity index (χ2v) is 3.33. The maximum atomic E-state index is 11.6. The molecule has 0 saturated heterocycles. The highest BCUT2D eigenvalue weighted by molar-refractivity contribution is 5.93. The predicted molar refractivity (Wildman–Crippen MR) is 58.9 cm³/mol. The van der Waals surface area contributed by atoms with Crippen molar-refractivity contribution in [3.63, 3.8) is 0 Å². The number of carbonyl (C=O) groups excluding carboxylic acids is 1. The summed E-state index contributed by atoms with van der Waals surface area (Å²) in [5.74, 6) is -0.104. The lowest BCUT2D eigenvalue weighted by molar-refractivity contribution is 0.0953. The molecule has 2 aromatic heterocycles. The van der Waals surface area contributed by atoms with Gasteiger partial charge in [0.15, 0.2) is 0 Å². The standard InChI is InChI=1S/C11H12N4O/c16-11(9-2-1-5-12-8-9)13-6-3-10-4-7-14-15-10/h1-2,4-5,7-8H,3,6H2,(H,13,16)(H,14,15). The van der Waals surface area contributed by atoms with Crippen LogP contribution in [0.1, 0.15) is 16.1 Å². The smallest absolute Gasteiger partial charge is 0.252 e. The summed E-state index contributed by atoms with van der Waals surface area (Å²) in [6.45, 7) is 0.579. The van der Waals surface area contributed by atoms with Crippen molar-refractivity contribution >= 4 is 5.91 Å². The lowest BCUT2D eigenvalue weighted by atomic mass is 10.2. The van der Waals surface area contributed by atoms with Crippen LogP contribution in [0.5, 0.6) is 0 Å². The predicted octanol–water partition coefficient (Wildman–Crippen LogP) is 0.777. The maximum absolute atomic E-state index is 11.6. The lowest BCUT2D eigenvalue weighted by Gasteiger charge is -2.03. The van der Waals surface area contributed by atoms with E-state index in [1.54, 1.807) is 30.7 Å². The van der Waals surface area contributed by atoms with Crippen LogP contribution >= 0.6 is 0 Å². The Labute approximate surface area is 92.9 Å². The number of H-pyrrole nitrogens is 1. The van der Waals surface area contributed by atoms with Gasteiger partial charge in [0.05, 0.1) is 5.56 Å². The van der Waals surface area contributed by atoms with Gasteiger partial charge in [0.1, 0.15) is 0 Å². The third-order valence-electron chi connectivity index (χ3n) is 2.16. The van der Waals surface area contributed by atoms with Crippen molar-refractivity contribution in [3.05, 3.63) is 48.0 Å². The molecule has 0 fully saturated rings. The van der Waals surface area contributed by atoms with Crippen molar-refractivity contribution in [2.45, 2.75) is 6.42 Å². The largest absolute Gasteiger partial charge is 0.352 e. The molecule has 2 rings (SSSR count). The first-order valence-corrected chi connectivity index (χ1v) is 5.03. The zero-order chi connectivity index (χ0) is 11.2. The van der Waals surface area contributed by atoms with Gasteiger partial charge in [-0.05, 0) is 18.2 Å². The molecule has 0 aliphatic rings. The van der Waals surface area contributed by atoms with Crippen molar-refractivity contribution < 1.29 is 4.79 Å². The maximum Gasteiger partial charge on any atom is 0.252 e. The van der Waals surface area contributed by atoms with Crippen LogP contribution in [0.4, 0.5) is 0 Å². The van der Waals surface area contributed by atoms with Gasteiger partial charge >= 0.3 is 0 Å². The van der Waals surface area contributed by atoms with E-state index in [4.69, 9.17) is 0 Å². The molecule has 82 valence electrons. The molecular weight excluding hydrogens is 204 g/mol. The van der Waals surface area contributed by atoms with Gasteiger partial charge in [-0.15, -0.1) is 0 Å². The summed E-state index contributed by atoms with van der Waals surface area (Å²) >= 11 is 0. The van der Waals surface area contributed by atoms with Gasteiger partial charge < -0.3 is 5.32 Å². The fraction of sp³-hybridized carbons (Fsp3) is 0.182. The topological polar surface area (TPSA) is 70.7 Å². The Morgan fingerprint density at radius 3 is 3.00 bits per heavy atom. The van der Waals surface area contributed by atoms with E-state index in [9.17, 15) is 4.79 Å². The first-order chi connectivity index (χ1) is 7.86. The number of hydrogen-bond acceptors (Lipinski definition) is 3. The quantitative estimate of drug-likeness (QED) is 0.793. The molecule has 0 atom stereocenters. The summed E-state index contributed by atoms with van der Waals surface area (Å²) in [7, 11) is 0. The summed E-state index contributed by atoms with van der Waals surface area (Å²) in [6.07, 6.45) is 5.62. The number of pyridine rings is 1. The average molecular weight is 216 g/mol. The van der Waals surface area contributed by atoms with Crippen molar-refractivity contribution in [3.8, 4) is 0 Å². The van der Waals surface area contributed by atoms with E-state index < -0.39 is 0 Å². The Kier molecular flexibility index (Phi) is 3.28. The minimum Gasteiger partial charge on any atom is -0.352 e. The van der Waals surface area contributed by atoms with E-state index in [0.29, 0.717) is 12.1 Å². The van der Waals surface area contributed by atoms with Gasteiger partial charge in [0.2, 0.25) is 0 Å². The third-order valence-corrected chi connectivity index (χ3v) is 2.16. The molecule has 2 aromatic rings. The van der Waals surface area contributed by atoms with E-state index in [0.717, 1.165) is 12.1 Å². The SMILES string of the molecule is O=C(NCCc1ccn[nH]1)c1cccnc1. The molecule has 16 heavy (non-hydrogen) atoms. The number of aromatic amines is 1. The van der Waals surface area contributed by atoms with Gasteiger partial charge in [-0.25, -0.2) is 0 Å². The van der Waals surface area contributed by atoms with Crippen LogP contribution in [0.2, 0.25) is 0 Å². The van der Waals surface area contributed by atoms with Crippen molar-refractivity contribution in [2.24, 2.45) is 0 Å². The van der Waals surface area contributed by atoms with Crippen molar-refractivity contribution in [1.82, 2.24) is 20.5 Å². The molecule has 0 aromatic carbocycles. The third kappa shape index (κ3) is 2.66. The normalized spacial score (nSPS) is 10.0. The second-order valence-electron chi connectivity index (χ2n) is 3.33. The molecule has 0 unspecified atom stereocenters. The Hall–Kier alpha value is -2.17. The number of rotatable bonds is 4. The van der Waals surface area contributed by atoms with Crippen LogP contribution in [-0.4, -0.2) is 27.6 Å². The Morgan fingerprint density at radius 2 is 2.31 bits per heavy atom. The van der Waals surface area contributed by atoms with Crippen molar-refractivity contribution in [2.75, 3.05) is 6.54 Å². The molecular formula is C11H12N4O. The Balaban J connectivity index is 1.81. The molecule has 0 spiro atoms. The van der Waals surface area contributed by atoms with Gasteiger partial charge in [0, 0.05) is 37.3 Å². The zero-order valence-corrected chi connectivity index (χ0v) is 8.68. The summed E-state index contributed by atoms with van der Waals surface area (Å²) < 4.78 is 0. The van der Waals surface area contributed by atoms with E-state index in [1.807, 2.05) is 6.07 Å².